The Kier molecular flexibility index (Phi) is 5.53. The monoisotopic (exact) mass is 338 g/mol. The number of amides is 2. The highest BCUT2D eigenvalue weighted by atomic mass is 16.2. The summed E-state index contributed by atoms with van der Waals surface area (Å²) < 4.78 is 0. The minimum absolute atomic E-state index is 0.0137. The molecule has 0 radical (unpaired) electrons. The van der Waals surface area contributed by atoms with Crippen molar-refractivity contribution in [3.63, 3.8) is 0 Å². The Balaban J connectivity index is 1.51. The number of nitrogens with one attached hydrogen (secondary N) is 1. The van der Waals surface area contributed by atoms with Crippen LogP contribution in [0.15, 0.2) is 54.9 Å². The number of benzene rings is 1. The lowest BCUT2D eigenvalue weighted by molar-refractivity contribution is 0.178. The van der Waals surface area contributed by atoms with E-state index in [2.05, 4.69) is 46.5 Å². The van der Waals surface area contributed by atoms with Crippen LogP contribution in [0.4, 0.5) is 10.5 Å². The number of carbonyl (C=O) groups is 1. The smallest absolute Gasteiger partial charge is 0.317 e. The van der Waals surface area contributed by atoms with E-state index in [0.29, 0.717) is 6.04 Å². The summed E-state index contributed by atoms with van der Waals surface area (Å²) in [4.78, 5) is 20.8. The molecule has 0 spiro atoms. The zero-order valence-corrected chi connectivity index (χ0v) is 14.9. The second kappa shape index (κ2) is 8.01. The highest BCUT2D eigenvalue weighted by Gasteiger charge is 2.26. The lowest BCUT2D eigenvalue weighted by atomic mass is 10.0. The topological polar surface area (TPSA) is 48.5 Å². The van der Waals surface area contributed by atoms with Crippen molar-refractivity contribution in [1.82, 2.24) is 15.2 Å². The van der Waals surface area contributed by atoms with Gasteiger partial charge in [-0.15, -0.1) is 0 Å². The summed E-state index contributed by atoms with van der Waals surface area (Å²) in [6, 6.07) is 14.8. The fourth-order valence-corrected chi connectivity index (χ4v) is 3.34. The summed E-state index contributed by atoms with van der Waals surface area (Å²) in [5, 5.41) is 3.09. The first kappa shape index (κ1) is 17.3. The zero-order chi connectivity index (χ0) is 17.6. The van der Waals surface area contributed by atoms with Gasteiger partial charge in [0.25, 0.3) is 0 Å². The highest BCUT2D eigenvalue weighted by molar-refractivity contribution is 5.74. The quantitative estimate of drug-likeness (QED) is 0.929. The normalized spacial score (nSPS) is 16.3. The van der Waals surface area contributed by atoms with E-state index < -0.39 is 0 Å². The van der Waals surface area contributed by atoms with Gasteiger partial charge in [0.05, 0.1) is 6.04 Å². The van der Waals surface area contributed by atoms with Gasteiger partial charge in [0.2, 0.25) is 0 Å². The standard InChI is InChI=1S/C20H26N4O/c1-16(17-8-12-21-13-9-17)22-20(25)24-14-10-19(11-15-24)23(2)18-6-4-3-5-7-18/h3-9,12-13,16,19H,10-11,14-15H2,1-2H3,(H,22,25). The van der Waals surface area contributed by atoms with Crippen molar-refractivity contribution in [3.05, 3.63) is 60.4 Å². The fraction of sp³-hybridized carbons (Fsp3) is 0.400. The number of urea groups is 1. The maximum absolute atomic E-state index is 12.5. The van der Waals surface area contributed by atoms with Gasteiger partial charge in [-0.3, -0.25) is 4.98 Å². The molecule has 1 aliphatic rings. The SMILES string of the molecule is CC(NC(=O)N1CCC(N(C)c2ccccc2)CC1)c1ccncc1. The summed E-state index contributed by atoms with van der Waals surface area (Å²) >= 11 is 0. The average molecular weight is 338 g/mol. The number of aromatic nitrogens is 1. The summed E-state index contributed by atoms with van der Waals surface area (Å²) in [7, 11) is 2.14. The molecule has 3 rings (SSSR count). The minimum atomic E-state index is -0.0137. The molecule has 1 aromatic carbocycles. The summed E-state index contributed by atoms with van der Waals surface area (Å²) in [6.45, 7) is 3.58. The molecule has 1 saturated heterocycles. The molecule has 1 unspecified atom stereocenters. The van der Waals surface area contributed by atoms with Crippen molar-refractivity contribution in [2.75, 3.05) is 25.0 Å². The van der Waals surface area contributed by atoms with Crippen LogP contribution in [0.1, 0.15) is 31.4 Å². The van der Waals surface area contributed by atoms with E-state index in [1.807, 2.05) is 30.0 Å². The van der Waals surface area contributed by atoms with E-state index in [1.165, 1.54) is 5.69 Å². The van der Waals surface area contributed by atoms with Gasteiger partial charge >= 0.3 is 6.03 Å². The molecule has 2 aromatic rings. The molecule has 1 fully saturated rings. The molecule has 0 bridgehead atoms. The molecular weight excluding hydrogens is 312 g/mol. The number of likely N-dealkylation sites (tertiary alicyclic amines) is 1. The number of hydrogen-bond donors (Lipinski definition) is 1. The zero-order valence-electron chi connectivity index (χ0n) is 14.9. The van der Waals surface area contributed by atoms with Crippen molar-refractivity contribution in [2.24, 2.45) is 0 Å². The van der Waals surface area contributed by atoms with Crippen LogP contribution in [0.5, 0.6) is 0 Å². The van der Waals surface area contributed by atoms with Gasteiger partial charge in [-0.2, -0.15) is 0 Å². The largest absolute Gasteiger partial charge is 0.371 e. The molecule has 2 heterocycles. The van der Waals surface area contributed by atoms with E-state index in [1.54, 1.807) is 12.4 Å². The number of pyridine rings is 1. The van der Waals surface area contributed by atoms with Gasteiger partial charge in [-0.05, 0) is 49.6 Å². The van der Waals surface area contributed by atoms with Crippen LogP contribution in [0.25, 0.3) is 0 Å². The first-order valence-corrected chi connectivity index (χ1v) is 8.88. The van der Waals surface area contributed by atoms with Crippen molar-refractivity contribution < 1.29 is 4.79 Å². The molecule has 1 aromatic heterocycles. The third-order valence-corrected chi connectivity index (χ3v) is 5.01. The first-order valence-electron chi connectivity index (χ1n) is 8.88. The Morgan fingerprint density at radius 2 is 1.80 bits per heavy atom. The maximum Gasteiger partial charge on any atom is 0.317 e. The van der Waals surface area contributed by atoms with Gasteiger partial charge < -0.3 is 15.1 Å². The number of anilines is 1. The van der Waals surface area contributed by atoms with Crippen LogP contribution in [-0.2, 0) is 0 Å². The molecule has 5 nitrogen and oxygen atoms in total. The second-order valence-corrected chi connectivity index (χ2v) is 6.62. The number of para-hydroxylation sites is 1. The molecule has 1 aliphatic heterocycles. The van der Waals surface area contributed by atoms with Crippen LogP contribution < -0.4 is 10.2 Å². The minimum Gasteiger partial charge on any atom is -0.371 e. The van der Waals surface area contributed by atoms with E-state index in [-0.39, 0.29) is 12.1 Å². The predicted octanol–water partition coefficient (Wildman–Crippen LogP) is 3.45. The fourth-order valence-electron chi connectivity index (χ4n) is 3.34. The Labute approximate surface area is 149 Å². The number of rotatable bonds is 4. The highest BCUT2D eigenvalue weighted by Crippen LogP contribution is 2.22. The van der Waals surface area contributed by atoms with Crippen LogP contribution in [0, 0.1) is 0 Å². The molecule has 25 heavy (non-hydrogen) atoms. The molecule has 0 saturated carbocycles. The first-order chi connectivity index (χ1) is 12.1. The number of piperidine rings is 1. The lowest BCUT2D eigenvalue weighted by Gasteiger charge is -2.38. The Hall–Kier alpha value is -2.56. The van der Waals surface area contributed by atoms with Gasteiger partial charge in [-0.1, -0.05) is 18.2 Å². The number of hydrogen-bond acceptors (Lipinski definition) is 3. The van der Waals surface area contributed by atoms with E-state index in [4.69, 9.17) is 0 Å². The van der Waals surface area contributed by atoms with Crippen LogP contribution >= 0.6 is 0 Å². The van der Waals surface area contributed by atoms with Crippen molar-refractivity contribution in [3.8, 4) is 0 Å². The van der Waals surface area contributed by atoms with Crippen LogP contribution in [-0.4, -0.2) is 42.1 Å². The van der Waals surface area contributed by atoms with Gasteiger partial charge in [0, 0.05) is 44.3 Å². The number of nitrogens with zero attached hydrogens (tertiary/aromatic N) is 3. The molecule has 0 aliphatic carbocycles. The summed E-state index contributed by atoms with van der Waals surface area (Å²) in [6.07, 6.45) is 5.48. The van der Waals surface area contributed by atoms with Gasteiger partial charge in [0.1, 0.15) is 0 Å². The third-order valence-electron chi connectivity index (χ3n) is 5.01. The summed E-state index contributed by atoms with van der Waals surface area (Å²) in [5.41, 5.74) is 2.30. The lowest BCUT2D eigenvalue weighted by Crippen LogP contribution is -2.49. The Bertz CT molecular complexity index is 669. The summed E-state index contributed by atoms with van der Waals surface area (Å²) in [5.74, 6) is 0. The van der Waals surface area contributed by atoms with E-state index in [9.17, 15) is 4.79 Å². The predicted molar refractivity (Wildman–Crippen MR) is 101 cm³/mol. The van der Waals surface area contributed by atoms with Crippen molar-refractivity contribution in [1.29, 1.82) is 0 Å². The Morgan fingerprint density at radius 3 is 2.44 bits per heavy atom. The third kappa shape index (κ3) is 4.29. The molecule has 1 N–H and O–H groups in total. The molecule has 5 heteroatoms. The average Bonchev–Trinajstić information content (AvgIpc) is 2.69. The van der Waals surface area contributed by atoms with E-state index in [0.717, 1.165) is 31.5 Å². The van der Waals surface area contributed by atoms with Crippen molar-refractivity contribution in [2.45, 2.75) is 31.8 Å². The van der Waals surface area contributed by atoms with Crippen LogP contribution in [0.3, 0.4) is 0 Å². The molecule has 2 amide bonds. The van der Waals surface area contributed by atoms with Crippen molar-refractivity contribution >= 4 is 11.7 Å². The second-order valence-electron chi connectivity index (χ2n) is 6.62. The Morgan fingerprint density at radius 1 is 1.16 bits per heavy atom. The molecule has 1 atom stereocenters. The van der Waals surface area contributed by atoms with Gasteiger partial charge in [0.15, 0.2) is 0 Å². The van der Waals surface area contributed by atoms with Crippen LogP contribution in [0.2, 0.25) is 0 Å². The van der Waals surface area contributed by atoms with Gasteiger partial charge in [-0.25, -0.2) is 4.79 Å². The molecule has 132 valence electrons. The number of carbonyl (C=O) groups excluding carboxylic acids is 1. The maximum atomic E-state index is 12.5. The van der Waals surface area contributed by atoms with E-state index >= 15 is 0 Å². The molecular formula is C20H26N4O.